The lowest BCUT2D eigenvalue weighted by atomic mass is 9.87. The minimum Gasteiger partial charge on any atom is -0.491 e. The van der Waals surface area contributed by atoms with Crippen molar-refractivity contribution < 1.29 is 19.4 Å². The second-order valence-corrected chi connectivity index (χ2v) is 10.0. The summed E-state index contributed by atoms with van der Waals surface area (Å²) in [6.07, 6.45) is 0.350. The van der Waals surface area contributed by atoms with Gasteiger partial charge >= 0.3 is 6.03 Å². The molecule has 4 heterocycles. The molecular formula is C27H33N7O4. The Bertz CT molecular complexity index is 1310. The van der Waals surface area contributed by atoms with Crippen molar-refractivity contribution in [3.63, 3.8) is 0 Å². The van der Waals surface area contributed by atoms with Gasteiger partial charge in [-0.3, -0.25) is 15.1 Å². The van der Waals surface area contributed by atoms with E-state index in [1.54, 1.807) is 7.05 Å². The van der Waals surface area contributed by atoms with E-state index >= 15 is 0 Å². The number of nitrogens with zero attached hydrogens (tertiary/aromatic N) is 4. The lowest BCUT2D eigenvalue weighted by molar-refractivity contribution is -0.124. The number of carbonyl (C=O) groups excluding carboxylic acids is 2. The lowest BCUT2D eigenvalue weighted by Crippen LogP contribution is -2.55. The van der Waals surface area contributed by atoms with Crippen molar-refractivity contribution >= 4 is 29.0 Å². The van der Waals surface area contributed by atoms with Crippen LogP contribution in [0, 0.1) is 0 Å². The van der Waals surface area contributed by atoms with E-state index in [0.29, 0.717) is 50.6 Å². The molecule has 4 N–H and O–H groups in total. The quantitative estimate of drug-likeness (QED) is 0.385. The highest BCUT2D eigenvalue weighted by molar-refractivity contribution is 6.24. The number of aliphatic hydroxyl groups excluding tert-OH is 1. The summed E-state index contributed by atoms with van der Waals surface area (Å²) >= 11 is 0. The molecule has 5 rings (SSSR count). The van der Waals surface area contributed by atoms with Crippen LogP contribution in [0.1, 0.15) is 32.4 Å². The third-order valence-electron chi connectivity index (χ3n) is 7.24. The number of amides is 3. The predicted octanol–water partition coefficient (Wildman–Crippen LogP) is 1.53. The molecule has 1 aromatic carbocycles. The summed E-state index contributed by atoms with van der Waals surface area (Å²) in [7, 11) is 1.78. The van der Waals surface area contributed by atoms with Crippen LogP contribution < -0.4 is 25.6 Å². The summed E-state index contributed by atoms with van der Waals surface area (Å²) in [4.78, 5) is 40.7. The molecule has 1 unspecified atom stereocenters. The molecular weight excluding hydrogens is 486 g/mol. The van der Waals surface area contributed by atoms with Crippen LogP contribution in [-0.4, -0.2) is 84.2 Å². The van der Waals surface area contributed by atoms with Crippen molar-refractivity contribution in [3.8, 4) is 17.1 Å². The summed E-state index contributed by atoms with van der Waals surface area (Å²) in [5, 5.41) is 18.1. The van der Waals surface area contributed by atoms with Crippen molar-refractivity contribution in [1.82, 2.24) is 25.9 Å². The largest absolute Gasteiger partial charge is 0.491 e. The van der Waals surface area contributed by atoms with E-state index in [4.69, 9.17) is 14.7 Å². The number of aromatic nitrogens is 2. The van der Waals surface area contributed by atoms with Gasteiger partial charge in [0.15, 0.2) is 5.82 Å². The second-order valence-electron chi connectivity index (χ2n) is 10.0. The van der Waals surface area contributed by atoms with E-state index in [9.17, 15) is 14.7 Å². The van der Waals surface area contributed by atoms with Crippen molar-refractivity contribution in [2.75, 3.05) is 44.7 Å². The molecule has 3 amide bonds. The van der Waals surface area contributed by atoms with E-state index in [-0.39, 0.29) is 12.5 Å². The maximum atomic E-state index is 12.4. The molecule has 0 saturated carbocycles. The molecule has 1 atom stereocenters. The first-order chi connectivity index (χ1) is 18.3. The molecule has 3 aliphatic rings. The molecule has 3 aliphatic heterocycles. The monoisotopic (exact) mass is 519 g/mol. The van der Waals surface area contributed by atoms with Gasteiger partial charge in [-0.15, -0.1) is 0 Å². The number of imide groups is 1. The molecule has 11 heteroatoms. The van der Waals surface area contributed by atoms with Crippen molar-refractivity contribution in [2.24, 2.45) is 4.99 Å². The molecule has 0 bridgehead atoms. The molecule has 1 aromatic heterocycles. The van der Waals surface area contributed by atoms with E-state index < -0.39 is 17.7 Å². The number of likely N-dealkylation sites (N-methyl/N-ethyl adjacent to an activating group) is 1. The average molecular weight is 520 g/mol. The van der Waals surface area contributed by atoms with Gasteiger partial charge in [0.2, 0.25) is 0 Å². The van der Waals surface area contributed by atoms with Crippen LogP contribution >= 0.6 is 0 Å². The zero-order valence-corrected chi connectivity index (χ0v) is 21.9. The first kappa shape index (κ1) is 25.8. The zero-order valence-electron chi connectivity index (χ0n) is 21.9. The van der Waals surface area contributed by atoms with Gasteiger partial charge < -0.3 is 25.4 Å². The van der Waals surface area contributed by atoms with Crippen LogP contribution in [0.3, 0.4) is 0 Å². The molecule has 38 heavy (non-hydrogen) atoms. The normalized spacial score (nSPS) is 19.5. The number of aliphatic hydroxyl groups is 1. The van der Waals surface area contributed by atoms with Crippen molar-refractivity contribution in [3.05, 3.63) is 41.6 Å². The highest BCUT2D eigenvalue weighted by Gasteiger charge is 2.48. The Morgan fingerprint density at radius 2 is 1.97 bits per heavy atom. The van der Waals surface area contributed by atoms with Crippen LogP contribution in [0.15, 0.2) is 40.9 Å². The number of rotatable bonds is 8. The summed E-state index contributed by atoms with van der Waals surface area (Å²) in [5.74, 6) is 1.65. The Kier molecular flexibility index (Phi) is 7.13. The summed E-state index contributed by atoms with van der Waals surface area (Å²) in [5.41, 5.74) is 3.84. The fourth-order valence-electron chi connectivity index (χ4n) is 5.17. The number of ether oxygens (including phenoxy) is 1. The van der Waals surface area contributed by atoms with Gasteiger partial charge in [-0.05, 0) is 51.4 Å². The summed E-state index contributed by atoms with van der Waals surface area (Å²) < 4.78 is 5.81. The zero-order chi connectivity index (χ0) is 26.9. The number of aliphatic imine (C=N–C) groups is 1. The van der Waals surface area contributed by atoms with Crippen molar-refractivity contribution in [2.45, 2.75) is 38.3 Å². The Labute approximate surface area is 221 Å². The van der Waals surface area contributed by atoms with E-state index in [1.807, 2.05) is 37.3 Å². The van der Waals surface area contributed by atoms with E-state index in [0.717, 1.165) is 33.9 Å². The van der Waals surface area contributed by atoms with E-state index in [1.165, 1.54) is 0 Å². The van der Waals surface area contributed by atoms with Crippen LogP contribution in [0.4, 0.5) is 10.6 Å². The van der Waals surface area contributed by atoms with Crippen molar-refractivity contribution in [1.29, 1.82) is 0 Å². The third kappa shape index (κ3) is 5.11. The number of benzene rings is 1. The SMILES string of the molecule is CNCC(O)COc1cccc(-c2nc(C3=C(C)CN=C3C)cc(N3CCC4(CC3)NC(=O)NC4=O)n2)c1. The second kappa shape index (κ2) is 10.5. The van der Waals surface area contributed by atoms with E-state index in [2.05, 4.69) is 32.8 Å². The van der Waals surface area contributed by atoms with Gasteiger partial charge in [-0.1, -0.05) is 12.1 Å². The van der Waals surface area contributed by atoms with Gasteiger partial charge in [0.25, 0.3) is 5.91 Å². The summed E-state index contributed by atoms with van der Waals surface area (Å²) in [6.45, 7) is 6.42. The number of piperidine rings is 1. The molecule has 200 valence electrons. The smallest absolute Gasteiger partial charge is 0.322 e. The minimum atomic E-state index is -0.858. The highest BCUT2D eigenvalue weighted by atomic mass is 16.5. The van der Waals surface area contributed by atoms with Crippen LogP contribution in [0.25, 0.3) is 17.0 Å². The molecule has 2 fully saturated rings. The average Bonchev–Trinajstić information content (AvgIpc) is 3.39. The standard InChI is InChI=1S/C27H33N7O4/c1-16-13-29-17(2)23(16)21-12-22(34-9-7-27(8-10-34)25(36)32-26(37)33-27)31-24(30-21)18-5-4-6-20(11-18)38-15-19(35)14-28-3/h4-6,11-12,19,28,35H,7-10,13-15H2,1-3H3,(H2,32,33,36,37). The van der Waals surface area contributed by atoms with Gasteiger partial charge in [-0.2, -0.15) is 0 Å². The Morgan fingerprint density at radius 1 is 1.18 bits per heavy atom. The Morgan fingerprint density at radius 3 is 2.63 bits per heavy atom. The molecule has 1 spiro atoms. The third-order valence-corrected chi connectivity index (χ3v) is 7.24. The first-order valence-electron chi connectivity index (χ1n) is 12.8. The number of carbonyl (C=O) groups is 2. The molecule has 11 nitrogen and oxygen atoms in total. The number of allylic oxidation sites excluding steroid dienone is 1. The fourth-order valence-corrected chi connectivity index (χ4v) is 5.17. The van der Waals surface area contributed by atoms with Crippen LogP contribution in [0.2, 0.25) is 0 Å². The highest BCUT2D eigenvalue weighted by Crippen LogP contribution is 2.33. The number of hydrogen-bond donors (Lipinski definition) is 4. The van der Waals surface area contributed by atoms with Gasteiger partial charge in [-0.25, -0.2) is 14.8 Å². The van der Waals surface area contributed by atoms with Crippen LogP contribution in [-0.2, 0) is 4.79 Å². The molecule has 2 aromatic rings. The number of nitrogens with one attached hydrogen (secondary N) is 3. The number of anilines is 1. The first-order valence-corrected chi connectivity index (χ1v) is 12.8. The summed E-state index contributed by atoms with van der Waals surface area (Å²) in [6, 6.07) is 9.06. The lowest BCUT2D eigenvalue weighted by Gasteiger charge is -2.37. The predicted molar refractivity (Wildman–Crippen MR) is 144 cm³/mol. The Hall–Kier alpha value is -3.83. The maximum Gasteiger partial charge on any atom is 0.322 e. The number of hydrogen-bond acceptors (Lipinski definition) is 9. The maximum absolute atomic E-state index is 12.4. The van der Waals surface area contributed by atoms with Gasteiger partial charge in [0.05, 0.1) is 12.2 Å². The van der Waals surface area contributed by atoms with Gasteiger partial charge in [0.1, 0.15) is 29.8 Å². The Balaban J connectivity index is 1.46. The molecule has 0 radical (unpaired) electrons. The minimum absolute atomic E-state index is 0.165. The topological polar surface area (TPSA) is 141 Å². The molecule has 0 aliphatic carbocycles. The van der Waals surface area contributed by atoms with Crippen LogP contribution in [0.5, 0.6) is 5.75 Å². The number of urea groups is 1. The van der Waals surface area contributed by atoms with Gasteiger partial charge in [0, 0.05) is 42.5 Å². The molecule has 2 saturated heterocycles. The fraction of sp³-hybridized carbons (Fsp3) is 0.444.